The minimum absolute atomic E-state index is 0.241. The van der Waals surface area contributed by atoms with Crippen molar-refractivity contribution >= 4 is 23.6 Å². The van der Waals surface area contributed by atoms with E-state index in [0.29, 0.717) is 12.3 Å². The molecule has 0 heterocycles. The summed E-state index contributed by atoms with van der Waals surface area (Å²) in [5.74, 6) is -0.619. The summed E-state index contributed by atoms with van der Waals surface area (Å²) in [6.07, 6.45) is 3.01. The van der Waals surface area contributed by atoms with Crippen molar-refractivity contribution in [3.05, 3.63) is 35.9 Å². The van der Waals surface area contributed by atoms with E-state index in [-0.39, 0.29) is 11.9 Å². The van der Waals surface area contributed by atoms with Gasteiger partial charge in [0, 0.05) is 11.8 Å². The van der Waals surface area contributed by atoms with Gasteiger partial charge in [-0.3, -0.25) is 4.79 Å². The lowest BCUT2D eigenvalue weighted by Crippen LogP contribution is -2.32. The summed E-state index contributed by atoms with van der Waals surface area (Å²) < 4.78 is 4.77. The highest BCUT2D eigenvalue weighted by Gasteiger charge is 2.06. The van der Waals surface area contributed by atoms with Crippen molar-refractivity contribution in [2.24, 2.45) is 5.73 Å². The van der Waals surface area contributed by atoms with Gasteiger partial charge >= 0.3 is 5.97 Å². The van der Waals surface area contributed by atoms with E-state index in [0.717, 1.165) is 5.56 Å². The topological polar surface area (TPSA) is 81.4 Å². The Morgan fingerprint density at radius 1 is 1.37 bits per heavy atom. The van der Waals surface area contributed by atoms with Crippen LogP contribution in [0.1, 0.15) is 19.4 Å². The summed E-state index contributed by atoms with van der Waals surface area (Å²) in [4.78, 5) is 22.5. The molecule has 3 N–H and O–H groups in total. The second-order valence-corrected chi connectivity index (χ2v) is 3.99. The second-order valence-electron chi connectivity index (χ2n) is 3.99. The van der Waals surface area contributed by atoms with E-state index < -0.39 is 6.04 Å². The molecular formula is C14H18N2O3. The largest absolute Gasteiger partial charge is 0.463 e. The average Bonchev–Trinajstić information content (AvgIpc) is 2.38. The van der Waals surface area contributed by atoms with Crippen molar-refractivity contribution in [3.8, 4) is 0 Å². The number of amides is 1. The Labute approximate surface area is 112 Å². The molecule has 1 rings (SSSR count). The first-order valence-corrected chi connectivity index (χ1v) is 6.04. The third kappa shape index (κ3) is 5.35. The molecule has 1 amide bonds. The molecule has 1 atom stereocenters. The van der Waals surface area contributed by atoms with Gasteiger partial charge in [0.25, 0.3) is 0 Å². The number of rotatable bonds is 5. The van der Waals surface area contributed by atoms with Gasteiger partial charge in [0.15, 0.2) is 0 Å². The number of benzene rings is 1. The van der Waals surface area contributed by atoms with E-state index in [9.17, 15) is 9.59 Å². The van der Waals surface area contributed by atoms with Gasteiger partial charge in [-0.25, -0.2) is 4.79 Å². The first-order chi connectivity index (χ1) is 9.02. The Morgan fingerprint density at radius 2 is 2.00 bits per heavy atom. The fourth-order valence-corrected chi connectivity index (χ4v) is 1.29. The van der Waals surface area contributed by atoms with Crippen LogP contribution in [0.3, 0.4) is 0 Å². The summed E-state index contributed by atoms with van der Waals surface area (Å²) in [5, 5.41) is 2.67. The summed E-state index contributed by atoms with van der Waals surface area (Å²) >= 11 is 0. The molecular weight excluding hydrogens is 244 g/mol. The van der Waals surface area contributed by atoms with Crippen molar-refractivity contribution in [2.75, 3.05) is 11.9 Å². The number of esters is 1. The van der Waals surface area contributed by atoms with Crippen molar-refractivity contribution in [2.45, 2.75) is 19.9 Å². The fraction of sp³-hybridized carbons (Fsp3) is 0.286. The van der Waals surface area contributed by atoms with E-state index >= 15 is 0 Å². The molecule has 0 aromatic heterocycles. The maximum atomic E-state index is 11.4. The highest BCUT2D eigenvalue weighted by atomic mass is 16.5. The monoisotopic (exact) mass is 262 g/mol. The normalized spacial score (nSPS) is 12.2. The highest BCUT2D eigenvalue weighted by molar-refractivity contribution is 5.94. The molecule has 19 heavy (non-hydrogen) atoms. The molecule has 0 unspecified atom stereocenters. The lowest BCUT2D eigenvalue weighted by Gasteiger charge is -2.07. The summed E-state index contributed by atoms with van der Waals surface area (Å²) in [6, 6.07) is 6.50. The van der Waals surface area contributed by atoms with Crippen molar-refractivity contribution in [1.29, 1.82) is 0 Å². The number of carbonyl (C=O) groups excluding carboxylic acids is 2. The molecule has 0 aliphatic carbocycles. The van der Waals surface area contributed by atoms with Gasteiger partial charge in [-0.1, -0.05) is 12.1 Å². The number of nitrogens with two attached hydrogens (primary N) is 1. The number of anilines is 1. The van der Waals surface area contributed by atoms with Crippen LogP contribution in [0, 0.1) is 0 Å². The molecule has 0 bridgehead atoms. The van der Waals surface area contributed by atoms with Crippen LogP contribution in [0.25, 0.3) is 6.08 Å². The number of hydrogen-bond acceptors (Lipinski definition) is 4. The molecule has 0 aliphatic heterocycles. The van der Waals surface area contributed by atoms with Crippen LogP contribution in [-0.4, -0.2) is 24.5 Å². The Hall–Kier alpha value is -2.14. The molecule has 0 saturated carbocycles. The Bertz CT molecular complexity index is 464. The van der Waals surface area contributed by atoms with Crippen molar-refractivity contribution < 1.29 is 14.3 Å². The lowest BCUT2D eigenvalue weighted by atomic mass is 10.2. The second kappa shape index (κ2) is 7.33. The van der Waals surface area contributed by atoms with Crippen LogP contribution in [0.5, 0.6) is 0 Å². The van der Waals surface area contributed by atoms with Crippen LogP contribution >= 0.6 is 0 Å². The first-order valence-electron chi connectivity index (χ1n) is 6.04. The predicted octanol–water partition coefficient (Wildman–Crippen LogP) is 1.55. The smallest absolute Gasteiger partial charge is 0.330 e. The molecule has 0 radical (unpaired) electrons. The van der Waals surface area contributed by atoms with E-state index in [2.05, 4.69) is 5.32 Å². The molecule has 0 aliphatic rings. The summed E-state index contributed by atoms with van der Waals surface area (Å²) in [6.45, 7) is 3.72. The van der Waals surface area contributed by atoms with E-state index in [1.54, 1.807) is 44.2 Å². The number of ether oxygens (including phenoxy) is 1. The third-order valence-corrected chi connectivity index (χ3v) is 2.29. The first kappa shape index (κ1) is 14.9. The molecule has 5 nitrogen and oxygen atoms in total. The van der Waals surface area contributed by atoms with E-state index in [1.807, 2.05) is 0 Å². The Kier molecular flexibility index (Phi) is 5.75. The van der Waals surface area contributed by atoms with Gasteiger partial charge in [-0.2, -0.15) is 0 Å². The quantitative estimate of drug-likeness (QED) is 0.623. The van der Waals surface area contributed by atoms with Gasteiger partial charge < -0.3 is 15.8 Å². The molecule has 0 spiro atoms. The molecule has 1 aromatic rings. The van der Waals surface area contributed by atoms with Crippen LogP contribution < -0.4 is 11.1 Å². The molecule has 102 valence electrons. The van der Waals surface area contributed by atoms with Gasteiger partial charge in [0.05, 0.1) is 12.6 Å². The van der Waals surface area contributed by atoms with Crippen molar-refractivity contribution in [1.82, 2.24) is 0 Å². The van der Waals surface area contributed by atoms with Crippen LogP contribution in [0.15, 0.2) is 30.3 Å². The SMILES string of the molecule is CCOC(=O)C=Cc1ccc(NC(=O)[C@H](C)N)cc1. The minimum Gasteiger partial charge on any atom is -0.463 e. The lowest BCUT2D eigenvalue weighted by molar-refractivity contribution is -0.137. The van der Waals surface area contributed by atoms with Gasteiger partial charge in [0.2, 0.25) is 5.91 Å². The van der Waals surface area contributed by atoms with Gasteiger partial charge in [0.1, 0.15) is 0 Å². The zero-order chi connectivity index (χ0) is 14.3. The molecule has 0 saturated heterocycles. The summed E-state index contributed by atoms with van der Waals surface area (Å²) in [5.41, 5.74) is 6.95. The van der Waals surface area contributed by atoms with Crippen LogP contribution in [0.4, 0.5) is 5.69 Å². The molecule has 5 heteroatoms. The number of hydrogen-bond donors (Lipinski definition) is 2. The zero-order valence-electron chi connectivity index (χ0n) is 11.1. The Morgan fingerprint density at radius 3 is 2.53 bits per heavy atom. The standard InChI is InChI=1S/C14H18N2O3/c1-3-19-13(17)9-6-11-4-7-12(8-5-11)16-14(18)10(2)15/h4-10H,3,15H2,1-2H3,(H,16,18)/t10-/m0/s1. The molecule has 0 fully saturated rings. The average molecular weight is 262 g/mol. The van der Waals surface area contributed by atoms with E-state index in [1.165, 1.54) is 6.08 Å². The van der Waals surface area contributed by atoms with Gasteiger partial charge in [-0.15, -0.1) is 0 Å². The Balaban J connectivity index is 2.61. The summed E-state index contributed by atoms with van der Waals surface area (Å²) in [7, 11) is 0. The van der Waals surface area contributed by atoms with Crippen molar-refractivity contribution in [3.63, 3.8) is 0 Å². The van der Waals surface area contributed by atoms with Crippen LogP contribution in [0.2, 0.25) is 0 Å². The zero-order valence-corrected chi connectivity index (χ0v) is 11.1. The maximum absolute atomic E-state index is 11.4. The minimum atomic E-state index is -0.552. The number of nitrogens with one attached hydrogen (secondary N) is 1. The highest BCUT2D eigenvalue weighted by Crippen LogP contribution is 2.11. The molecule has 1 aromatic carbocycles. The number of carbonyl (C=O) groups is 2. The maximum Gasteiger partial charge on any atom is 0.330 e. The van der Waals surface area contributed by atoms with E-state index in [4.69, 9.17) is 10.5 Å². The van der Waals surface area contributed by atoms with Gasteiger partial charge in [-0.05, 0) is 37.6 Å². The van der Waals surface area contributed by atoms with Crippen LogP contribution in [-0.2, 0) is 14.3 Å². The third-order valence-electron chi connectivity index (χ3n) is 2.29. The predicted molar refractivity (Wildman–Crippen MR) is 74.4 cm³/mol. The fourth-order valence-electron chi connectivity index (χ4n) is 1.29.